The fourth-order valence-electron chi connectivity index (χ4n) is 3.09. The predicted octanol–water partition coefficient (Wildman–Crippen LogP) is 3.22. The number of hydrogen-bond donors (Lipinski definition) is 1. The number of carbonyl (C=O) groups is 1. The van der Waals surface area contributed by atoms with Crippen LogP contribution in [-0.2, 0) is 17.4 Å². The van der Waals surface area contributed by atoms with Crippen molar-refractivity contribution in [2.45, 2.75) is 51.4 Å². The van der Waals surface area contributed by atoms with Gasteiger partial charge in [-0.15, -0.1) is 0 Å². The van der Waals surface area contributed by atoms with Gasteiger partial charge < -0.3 is 10.6 Å². The molecule has 128 valence electrons. The Balaban J connectivity index is 1.98. The first-order valence-corrected chi connectivity index (χ1v) is 7.90. The highest BCUT2D eigenvalue weighted by Crippen LogP contribution is 2.29. The van der Waals surface area contributed by atoms with Crippen molar-refractivity contribution >= 4 is 5.91 Å². The number of hydrogen-bond acceptors (Lipinski definition) is 2. The van der Waals surface area contributed by atoms with Gasteiger partial charge in [-0.1, -0.05) is 19.1 Å². The zero-order valence-corrected chi connectivity index (χ0v) is 13.4. The quantitative estimate of drug-likeness (QED) is 0.926. The zero-order valence-electron chi connectivity index (χ0n) is 13.4. The normalized spacial score (nSPS) is 23.7. The van der Waals surface area contributed by atoms with Crippen molar-refractivity contribution in [3.8, 4) is 0 Å². The molecule has 0 unspecified atom stereocenters. The van der Waals surface area contributed by atoms with Gasteiger partial charge in [-0.2, -0.15) is 13.2 Å². The molecule has 2 N–H and O–H groups in total. The minimum Gasteiger partial charge on any atom is -0.340 e. The summed E-state index contributed by atoms with van der Waals surface area (Å²) in [4.78, 5) is 14.4. The van der Waals surface area contributed by atoms with Gasteiger partial charge in [0.15, 0.2) is 0 Å². The fraction of sp³-hybridized carbons (Fsp3) is 0.588. The standard InChI is InChI=1S/C17H23F3N2O/c1-11(16(23)22-8-7-15(21)10-12(22)2)9-13-3-5-14(6-4-13)17(18,19)20/h3-6,11-12,15H,7-10,21H2,1-2H3/t11-,12-,15+/m1/s1. The molecular weight excluding hydrogens is 305 g/mol. The van der Waals surface area contributed by atoms with E-state index in [1.165, 1.54) is 12.1 Å². The fourth-order valence-corrected chi connectivity index (χ4v) is 3.09. The van der Waals surface area contributed by atoms with Gasteiger partial charge >= 0.3 is 6.18 Å². The molecule has 1 aliphatic heterocycles. The van der Waals surface area contributed by atoms with Gasteiger partial charge in [0.25, 0.3) is 0 Å². The Kier molecular flexibility index (Phi) is 5.34. The van der Waals surface area contributed by atoms with Crippen LogP contribution in [-0.4, -0.2) is 29.4 Å². The van der Waals surface area contributed by atoms with Crippen LogP contribution in [0.2, 0.25) is 0 Å². The highest BCUT2D eigenvalue weighted by molar-refractivity contribution is 5.79. The largest absolute Gasteiger partial charge is 0.416 e. The Labute approximate surface area is 134 Å². The van der Waals surface area contributed by atoms with E-state index in [2.05, 4.69) is 0 Å². The number of likely N-dealkylation sites (tertiary alicyclic amines) is 1. The van der Waals surface area contributed by atoms with Gasteiger partial charge in [-0.05, 0) is 43.9 Å². The average Bonchev–Trinajstić information content (AvgIpc) is 2.46. The first-order valence-electron chi connectivity index (χ1n) is 7.90. The molecule has 0 bridgehead atoms. The topological polar surface area (TPSA) is 46.3 Å². The maximum absolute atomic E-state index is 12.6. The molecule has 1 aromatic carbocycles. The van der Waals surface area contributed by atoms with E-state index in [0.717, 1.165) is 30.5 Å². The third-order valence-corrected chi connectivity index (χ3v) is 4.44. The average molecular weight is 328 g/mol. The van der Waals surface area contributed by atoms with E-state index in [1.807, 2.05) is 18.7 Å². The van der Waals surface area contributed by atoms with E-state index in [1.54, 1.807) is 0 Å². The second kappa shape index (κ2) is 6.91. The highest BCUT2D eigenvalue weighted by Gasteiger charge is 2.31. The molecule has 1 aromatic rings. The minimum absolute atomic E-state index is 0.0456. The van der Waals surface area contributed by atoms with Crippen LogP contribution >= 0.6 is 0 Å². The number of carbonyl (C=O) groups excluding carboxylic acids is 1. The molecule has 6 heteroatoms. The number of nitrogens with zero attached hydrogens (tertiary/aromatic N) is 1. The molecule has 23 heavy (non-hydrogen) atoms. The molecule has 0 radical (unpaired) electrons. The first-order chi connectivity index (χ1) is 10.7. The van der Waals surface area contributed by atoms with Crippen LogP contribution in [0.1, 0.15) is 37.8 Å². The Morgan fingerprint density at radius 2 is 1.96 bits per heavy atom. The number of amides is 1. The van der Waals surface area contributed by atoms with Crippen molar-refractivity contribution in [3.05, 3.63) is 35.4 Å². The van der Waals surface area contributed by atoms with E-state index in [9.17, 15) is 18.0 Å². The van der Waals surface area contributed by atoms with Gasteiger partial charge in [0.1, 0.15) is 0 Å². The Morgan fingerprint density at radius 3 is 2.48 bits per heavy atom. The zero-order chi connectivity index (χ0) is 17.2. The SMILES string of the molecule is C[C@H](Cc1ccc(C(F)(F)F)cc1)C(=O)N1CC[C@H](N)C[C@H]1C. The molecule has 2 rings (SSSR count). The molecule has 3 atom stereocenters. The van der Waals surface area contributed by atoms with Crippen LogP contribution in [0.3, 0.4) is 0 Å². The number of nitrogens with two attached hydrogens (primary N) is 1. The van der Waals surface area contributed by atoms with Gasteiger partial charge in [-0.25, -0.2) is 0 Å². The number of rotatable bonds is 3. The first kappa shape index (κ1) is 17.8. The van der Waals surface area contributed by atoms with Crippen LogP contribution < -0.4 is 5.73 Å². The van der Waals surface area contributed by atoms with Crippen molar-refractivity contribution < 1.29 is 18.0 Å². The maximum atomic E-state index is 12.6. The summed E-state index contributed by atoms with van der Waals surface area (Å²) in [7, 11) is 0. The third kappa shape index (κ3) is 4.47. The summed E-state index contributed by atoms with van der Waals surface area (Å²) >= 11 is 0. The number of piperidine rings is 1. The second-order valence-corrected chi connectivity index (χ2v) is 6.46. The van der Waals surface area contributed by atoms with Crippen molar-refractivity contribution in [1.82, 2.24) is 4.90 Å². The van der Waals surface area contributed by atoms with Crippen molar-refractivity contribution in [2.24, 2.45) is 11.7 Å². The van der Waals surface area contributed by atoms with Crippen LogP contribution in [0.5, 0.6) is 0 Å². The molecule has 0 saturated carbocycles. The molecule has 0 aromatic heterocycles. The molecule has 1 fully saturated rings. The minimum atomic E-state index is -4.33. The lowest BCUT2D eigenvalue weighted by Gasteiger charge is -2.38. The highest BCUT2D eigenvalue weighted by atomic mass is 19.4. The third-order valence-electron chi connectivity index (χ3n) is 4.44. The molecule has 0 spiro atoms. The smallest absolute Gasteiger partial charge is 0.340 e. The van der Waals surface area contributed by atoms with Gasteiger partial charge in [0, 0.05) is 24.5 Å². The van der Waals surface area contributed by atoms with Crippen LogP contribution in [0.4, 0.5) is 13.2 Å². The van der Waals surface area contributed by atoms with Crippen LogP contribution in [0, 0.1) is 5.92 Å². The molecule has 3 nitrogen and oxygen atoms in total. The summed E-state index contributed by atoms with van der Waals surface area (Å²) in [6.07, 6.45) is -2.31. The number of halogens is 3. The van der Waals surface area contributed by atoms with Crippen molar-refractivity contribution in [2.75, 3.05) is 6.54 Å². The Hall–Kier alpha value is -1.56. The van der Waals surface area contributed by atoms with E-state index in [0.29, 0.717) is 13.0 Å². The number of benzene rings is 1. The molecule has 1 heterocycles. The van der Waals surface area contributed by atoms with E-state index >= 15 is 0 Å². The van der Waals surface area contributed by atoms with Gasteiger partial charge in [-0.3, -0.25) is 4.79 Å². The molecule has 1 saturated heterocycles. The van der Waals surface area contributed by atoms with Crippen LogP contribution in [0.25, 0.3) is 0 Å². The lowest BCUT2D eigenvalue weighted by molar-refractivity contribution is -0.139. The van der Waals surface area contributed by atoms with E-state index in [-0.39, 0.29) is 23.9 Å². The van der Waals surface area contributed by atoms with E-state index in [4.69, 9.17) is 5.73 Å². The maximum Gasteiger partial charge on any atom is 0.416 e. The summed E-state index contributed by atoms with van der Waals surface area (Å²) in [5.41, 5.74) is 5.98. The van der Waals surface area contributed by atoms with Crippen LogP contribution in [0.15, 0.2) is 24.3 Å². The monoisotopic (exact) mass is 328 g/mol. The van der Waals surface area contributed by atoms with E-state index < -0.39 is 11.7 Å². The van der Waals surface area contributed by atoms with Gasteiger partial charge in [0.05, 0.1) is 5.56 Å². The summed E-state index contributed by atoms with van der Waals surface area (Å²) in [6.45, 7) is 4.46. The lowest BCUT2D eigenvalue weighted by atomic mass is 9.94. The van der Waals surface area contributed by atoms with Crippen molar-refractivity contribution in [3.63, 3.8) is 0 Å². The molecule has 1 aliphatic rings. The lowest BCUT2D eigenvalue weighted by Crippen LogP contribution is -2.50. The Bertz CT molecular complexity index is 542. The van der Waals surface area contributed by atoms with Gasteiger partial charge in [0.2, 0.25) is 5.91 Å². The molecule has 1 amide bonds. The summed E-state index contributed by atoms with van der Waals surface area (Å²) < 4.78 is 37.7. The molecule has 0 aliphatic carbocycles. The van der Waals surface area contributed by atoms with Crippen molar-refractivity contribution in [1.29, 1.82) is 0 Å². The second-order valence-electron chi connectivity index (χ2n) is 6.46. The molecular formula is C17H23F3N2O. The predicted molar refractivity (Wildman–Crippen MR) is 82.7 cm³/mol. The number of alkyl halides is 3. The Morgan fingerprint density at radius 1 is 1.35 bits per heavy atom. The summed E-state index contributed by atoms with van der Waals surface area (Å²) in [5.74, 6) is -0.215. The summed E-state index contributed by atoms with van der Waals surface area (Å²) in [5, 5.41) is 0. The summed E-state index contributed by atoms with van der Waals surface area (Å²) in [6, 6.07) is 5.27.